The van der Waals surface area contributed by atoms with Crippen molar-refractivity contribution < 1.29 is 29.0 Å². The van der Waals surface area contributed by atoms with Crippen LogP contribution in [0.1, 0.15) is 11.1 Å². The van der Waals surface area contributed by atoms with Crippen LogP contribution in [0.25, 0.3) is 0 Å². The first kappa shape index (κ1) is 28.4. The largest absolute Gasteiger partial charge is 0.508 e. The predicted octanol–water partition coefficient (Wildman–Crippen LogP) is 0.534. The van der Waals surface area contributed by atoms with Crippen LogP contribution in [0.5, 0.6) is 11.5 Å². The SMILES string of the molecule is C#CCN1CC(=O)N2C(CN(Cc3cccc(OCCN4CCOCC4)c3)C(=O)[C@@H]2Cc2ccc(O)cc2)N1C=O. The normalized spacial score (nSPS) is 21.9. The van der Waals surface area contributed by atoms with Crippen LogP contribution >= 0.6 is 0 Å². The summed E-state index contributed by atoms with van der Waals surface area (Å²) in [6.07, 6.45) is 5.71. The summed E-state index contributed by atoms with van der Waals surface area (Å²) in [6.45, 7) is 5.02. The Hall–Kier alpha value is -4.11. The lowest BCUT2D eigenvalue weighted by atomic mass is 9.98. The molecule has 0 bridgehead atoms. The predicted molar refractivity (Wildman–Crippen MR) is 149 cm³/mol. The first-order chi connectivity index (χ1) is 20.0. The van der Waals surface area contributed by atoms with E-state index in [9.17, 15) is 19.5 Å². The van der Waals surface area contributed by atoms with Crippen molar-refractivity contribution >= 4 is 18.2 Å². The van der Waals surface area contributed by atoms with Gasteiger partial charge in [0.2, 0.25) is 18.2 Å². The maximum atomic E-state index is 13.9. The van der Waals surface area contributed by atoms with Gasteiger partial charge in [-0.1, -0.05) is 30.2 Å². The van der Waals surface area contributed by atoms with Crippen LogP contribution in [0, 0.1) is 12.3 Å². The van der Waals surface area contributed by atoms with Crippen LogP contribution in [0.3, 0.4) is 0 Å². The number of hydrogen-bond acceptors (Lipinski definition) is 8. The molecule has 0 aromatic heterocycles. The monoisotopic (exact) mass is 561 g/mol. The number of hydrazine groups is 1. The minimum atomic E-state index is -0.825. The summed E-state index contributed by atoms with van der Waals surface area (Å²) in [5, 5.41) is 12.7. The molecule has 3 saturated heterocycles. The molecule has 3 fully saturated rings. The highest BCUT2D eigenvalue weighted by Gasteiger charge is 2.49. The van der Waals surface area contributed by atoms with E-state index in [0.717, 1.165) is 44.0 Å². The minimum absolute atomic E-state index is 0.0925. The van der Waals surface area contributed by atoms with Crippen LogP contribution < -0.4 is 4.74 Å². The summed E-state index contributed by atoms with van der Waals surface area (Å²) < 4.78 is 11.4. The van der Waals surface area contributed by atoms with Crippen LogP contribution in [0.15, 0.2) is 48.5 Å². The van der Waals surface area contributed by atoms with E-state index in [0.29, 0.717) is 18.8 Å². The Labute approximate surface area is 239 Å². The van der Waals surface area contributed by atoms with Gasteiger partial charge in [-0.05, 0) is 35.4 Å². The second kappa shape index (κ2) is 13.0. The molecule has 2 aromatic carbocycles. The van der Waals surface area contributed by atoms with E-state index in [-0.39, 0.29) is 50.2 Å². The fourth-order valence-corrected chi connectivity index (χ4v) is 5.61. The first-order valence-corrected chi connectivity index (χ1v) is 13.8. The van der Waals surface area contributed by atoms with E-state index >= 15 is 0 Å². The third-order valence-corrected chi connectivity index (χ3v) is 7.67. The zero-order valence-electron chi connectivity index (χ0n) is 22.9. The molecule has 216 valence electrons. The molecule has 0 aliphatic carbocycles. The number of carbonyl (C=O) groups is 3. The van der Waals surface area contributed by atoms with Crippen molar-refractivity contribution in [1.82, 2.24) is 24.7 Å². The number of benzene rings is 2. The summed E-state index contributed by atoms with van der Waals surface area (Å²) >= 11 is 0. The number of hydrogen-bond donors (Lipinski definition) is 1. The highest BCUT2D eigenvalue weighted by molar-refractivity contribution is 5.91. The van der Waals surface area contributed by atoms with Gasteiger partial charge in [0.05, 0.1) is 32.8 Å². The summed E-state index contributed by atoms with van der Waals surface area (Å²) in [4.78, 5) is 45.0. The van der Waals surface area contributed by atoms with E-state index in [4.69, 9.17) is 15.9 Å². The lowest BCUT2D eigenvalue weighted by Crippen LogP contribution is -2.74. The number of nitrogens with zero attached hydrogens (tertiary/aromatic N) is 5. The molecule has 3 heterocycles. The van der Waals surface area contributed by atoms with Gasteiger partial charge in [-0.3, -0.25) is 24.3 Å². The minimum Gasteiger partial charge on any atom is -0.508 e. The molecule has 11 nitrogen and oxygen atoms in total. The number of ether oxygens (including phenoxy) is 2. The number of amides is 3. The van der Waals surface area contributed by atoms with Gasteiger partial charge in [0.15, 0.2) is 0 Å². The second-order valence-corrected chi connectivity index (χ2v) is 10.3. The van der Waals surface area contributed by atoms with Crippen molar-refractivity contribution in [2.75, 3.05) is 59.1 Å². The van der Waals surface area contributed by atoms with E-state index in [1.165, 1.54) is 14.9 Å². The summed E-state index contributed by atoms with van der Waals surface area (Å²) in [5.74, 6) is 2.85. The summed E-state index contributed by atoms with van der Waals surface area (Å²) in [6, 6.07) is 13.4. The molecule has 11 heteroatoms. The van der Waals surface area contributed by atoms with E-state index < -0.39 is 12.2 Å². The van der Waals surface area contributed by atoms with E-state index in [2.05, 4.69) is 10.8 Å². The Bertz CT molecular complexity index is 1270. The fraction of sp³-hybridized carbons (Fsp3) is 0.433. The molecule has 1 N–H and O–H groups in total. The third kappa shape index (κ3) is 6.62. The molecule has 0 spiro atoms. The van der Waals surface area contributed by atoms with Gasteiger partial charge in [0.25, 0.3) is 0 Å². The van der Waals surface area contributed by atoms with Crippen molar-refractivity contribution in [3.8, 4) is 23.8 Å². The van der Waals surface area contributed by atoms with Crippen molar-refractivity contribution in [2.45, 2.75) is 25.2 Å². The Morgan fingerprint density at radius 2 is 1.88 bits per heavy atom. The molecule has 0 saturated carbocycles. The average Bonchev–Trinajstić information content (AvgIpc) is 2.97. The number of terminal acetylenes is 1. The van der Waals surface area contributed by atoms with Gasteiger partial charge in [-0.2, -0.15) is 5.01 Å². The lowest BCUT2D eigenvalue weighted by Gasteiger charge is -2.54. The quantitative estimate of drug-likeness (QED) is 0.331. The van der Waals surface area contributed by atoms with Gasteiger partial charge in [0.1, 0.15) is 30.3 Å². The van der Waals surface area contributed by atoms with Crippen molar-refractivity contribution in [3.05, 3.63) is 59.7 Å². The van der Waals surface area contributed by atoms with Gasteiger partial charge >= 0.3 is 0 Å². The van der Waals surface area contributed by atoms with Crippen molar-refractivity contribution in [2.24, 2.45) is 0 Å². The first-order valence-electron chi connectivity index (χ1n) is 13.8. The Balaban J connectivity index is 1.35. The number of carbonyl (C=O) groups excluding carboxylic acids is 3. The van der Waals surface area contributed by atoms with Gasteiger partial charge in [-0.15, -0.1) is 6.42 Å². The topological polar surface area (TPSA) is 106 Å². The second-order valence-electron chi connectivity index (χ2n) is 10.3. The zero-order chi connectivity index (χ0) is 28.8. The number of piperazine rings is 1. The highest BCUT2D eigenvalue weighted by atomic mass is 16.5. The number of phenolic OH excluding ortho intramolecular Hbond substituents is 1. The van der Waals surface area contributed by atoms with Crippen LogP contribution in [0.2, 0.25) is 0 Å². The Kier molecular flexibility index (Phi) is 9.04. The molecular formula is C30H35N5O6. The lowest BCUT2D eigenvalue weighted by molar-refractivity contribution is -0.198. The average molecular weight is 562 g/mol. The van der Waals surface area contributed by atoms with E-state index in [1.54, 1.807) is 29.2 Å². The summed E-state index contributed by atoms with van der Waals surface area (Å²) in [5.41, 5.74) is 1.66. The maximum absolute atomic E-state index is 13.9. The molecule has 41 heavy (non-hydrogen) atoms. The van der Waals surface area contributed by atoms with Gasteiger partial charge in [-0.25, -0.2) is 0 Å². The highest BCUT2D eigenvalue weighted by Crippen LogP contribution is 2.29. The molecule has 0 radical (unpaired) electrons. The molecule has 2 aromatic rings. The molecule has 3 aliphatic rings. The molecule has 2 atom stereocenters. The molecule has 1 unspecified atom stereocenters. The molecule has 5 rings (SSSR count). The Morgan fingerprint density at radius 3 is 2.61 bits per heavy atom. The Morgan fingerprint density at radius 1 is 1.10 bits per heavy atom. The van der Waals surface area contributed by atoms with Gasteiger partial charge in [0, 0.05) is 32.6 Å². The standard InChI is InChI=1S/C30H35N5O6/c1-2-10-33-21-29(38)35-27(18-23-6-8-25(37)9-7-23)30(39)32(20-28(35)34(33)22-36)19-24-4-3-5-26(17-24)41-16-13-31-11-14-40-15-12-31/h1,3-9,17,22,27-28,37H,10-16,18-21H2/t27-,28?/m0/s1. The third-order valence-electron chi connectivity index (χ3n) is 7.67. The van der Waals surface area contributed by atoms with Crippen LogP contribution in [-0.4, -0.2) is 119 Å². The number of aromatic hydroxyl groups is 1. The molecular weight excluding hydrogens is 526 g/mol. The zero-order valence-corrected chi connectivity index (χ0v) is 22.9. The number of rotatable bonds is 10. The van der Waals surface area contributed by atoms with Crippen LogP contribution in [-0.2, 0) is 32.1 Å². The van der Waals surface area contributed by atoms with Gasteiger partial charge < -0.3 is 24.4 Å². The van der Waals surface area contributed by atoms with Crippen molar-refractivity contribution in [3.63, 3.8) is 0 Å². The fourth-order valence-electron chi connectivity index (χ4n) is 5.61. The number of morpholine rings is 1. The summed E-state index contributed by atoms with van der Waals surface area (Å²) in [7, 11) is 0. The smallest absolute Gasteiger partial charge is 0.246 e. The van der Waals surface area contributed by atoms with E-state index in [1.807, 2.05) is 24.3 Å². The number of fused-ring (bicyclic) bond motifs is 1. The van der Waals surface area contributed by atoms with Crippen LogP contribution in [0.4, 0.5) is 0 Å². The molecule has 3 aliphatic heterocycles. The number of phenols is 1. The van der Waals surface area contributed by atoms with Crippen molar-refractivity contribution in [1.29, 1.82) is 0 Å². The molecule has 3 amide bonds. The maximum Gasteiger partial charge on any atom is 0.246 e.